The number of amides is 1. The average molecular weight is 431 g/mol. The Hall–Kier alpha value is -3.24. The number of nitro groups is 1. The van der Waals surface area contributed by atoms with E-state index in [1.807, 2.05) is 19.2 Å². The molecule has 1 aromatic heterocycles. The highest BCUT2D eigenvalue weighted by atomic mass is 35.5. The summed E-state index contributed by atoms with van der Waals surface area (Å²) in [7, 11) is 1.82. The van der Waals surface area contributed by atoms with E-state index in [4.69, 9.17) is 11.6 Å². The van der Waals surface area contributed by atoms with E-state index in [9.17, 15) is 14.9 Å². The highest BCUT2D eigenvalue weighted by Gasteiger charge is 2.12. The Morgan fingerprint density at radius 2 is 1.93 bits per heavy atom. The Labute approximate surface area is 174 Å². The van der Waals surface area contributed by atoms with E-state index in [-0.39, 0.29) is 17.3 Å². The van der Waals surface area contributed by atoms with Crippen molar-refractivity contribution in [2.45, 2.75) is 5.16 Å². The number of hydrogen-bond acceptors (Lipinski definition) is 7. The van der Waals surface area contributed by atoms with Gasteiger partial charge in [-0.05, 0) is 42.0 Å². The molecular formula is C18H15ClN6O3S. The third-order valence-corrected chi connectivity index (χ3v) is 5.05. The molecule has 0 bridgehead atoms. The Kier molecular flexibility index (Phi) is 6.57. The molecule has 0 saturated heterocycles. The topological polar surface area (TPSA) is 115 Å². The lowest BCUT2D eigenvalue weighted by Gasteiger charge is -2.04. The van der Waals surface area contributed by atoms with Crippen LogP contribution in [0.4, 0.5) is 5.69 Å². The van der Waals surface area contributed by atoms with Crippen LogP contribution in [0.15, 0.2) is 58.8 Å². The van der Waals surface area contributed by atoms with Crippen molar-refractivity contribution in [2.75, 3.05) is 5.75 Å². The molecule has 2 aromatic carbocycles. The molecule has 3 aromatic rings. The number of nitrogens with zero attached hydrogens (tertiary/aromatic N) is 5. The highest BCUT2D eigenvalue weighted by Crippen LogP contribution is 2.23. The molecule has 0 saturated carbocycles. The number of non-ortho nitro benzene ring substituents is 1. The van der Waals surface area contributed by atoms with E-state index in [2.05, 4.69) is 20.7 Å². The summed E-state index contributed by atoms with van der Waals surface area (Å²) in [5, 5.41) is 24.0. The summed E-state index contributed by atoms with van der Waals surface area (Å²) in [5.41, 5.74) is 3.89. The third-order valence-electron chi connectivity index (χ3n) is 3.78. The van der Waals surface area contributed by atoms with Gasteiger partial charge in [0.15, 0.2) is 11.0 Å². The minimum atomic E-state index is -0.481. The number of halogens is 1. The lowest BCUT2D eigenvalue weighted by Crippen LogP contribution is -2.19. The van der Waals surface area contributed by atoms with Crippen molar-refractivity contribution in [3.05, 3.63) is 69.2 Å². The van der Waals surface area contributed by atoms with Crippen LogP contribution >= 0.6 is 23.4 Å². The van der Waals surface area contributed by atoms with Crippen LogP contribution in [0.5, 0.6) is 0 Å². The number of nitro benzene ring substituents is 1. The van der Waals surface area contributed by atoms with Gasteiger partial charge in [0.25, 0.3) is 11.6 Å². The molecule has 0 aliphatic rings. The minimum absolute atomic E-state index is 0.00997. The summed E-state index contributed by atoms with van der Waals surface area (Å²) < 4.78 is 1.79. The number of carbonyl (C=O) groups excluding carboxylic acids is 1. The van der Waals surface area contributed by atoms with Gasteiger partial charge in [0.05, 0.1) is 16.9 Å². The molecular weight excluding hydrogens is 416 g/mol. The maximum atomic E-state index is 12.0. The van der Waals surface area contributed by atoms with E-state index >= 15 is 0 Å². The Morgan fingerprint density at radius 3 is 2.59 bits per heavy atom. The van der Waals surface area contributed by atoms with Crippen LogP contribution in [0.1, 0.15) is 5.56 Å². The lowest BCUT2D eigenvalue weighted by atomic mass is 10.2. The van der Waals surface area contributed by atoms with E-state index in [0.29, 0.717) is 21.6 Å². The molecule has 0 unspecified atom stereocenters. The minimum Gasteiger partial charge on any atom is -0.305 e. The van der Waals surface area contributed by atoms with Gasteiger partial charge in [0.1, 0.15) is 0 Å². The van der Waals surface area contributed by atoms with Crippen molar-refractivity contribution >= 4 is 41.2 Å². The molecule has 148 valence electrons. The molecule has 11 heteroatoms. The normalized spacial score (nSPS) is 11.0. The van der Waals surface area contributed by atoms with Gasteiger partial charge < -0.3 is 4.57 Å². The van der Waals surface area contributed by atoms with Gasteiger partial charge in [-0.1, -0.05) is 23.4 Å². The molecule has 1 amide bonds. The van der Waals surface area contributed by atoms with Crippen molar-refractivity contribution in [1.29, 1.82) is 0 Å². The molecule has 29 heavy (non-hydrogen) atoms. The number of aromatic nitrogens is 3. The number of thioether (sulfide) groups is 1. The zero-order valence-electron chi connectivity index (χ0n) is 15.2. The van der Waals surface area contributed by atoms with Crippen molar-refractivity contribution in [3.63, 3.8) is 0 Å². The van der Waals surface area contributed by atoms with Crippen LogP contribution in [-0.2, 0) is 11.8 Å². The van der Waals surface area contributed by atoms with Gasteiger partial charge >= 0.3 is 0 Å². The number of rotatable bonds is 7. The molecule has 0 aliphatic heterocycles. The number of carbonyl (C=O) groups is 1. The van der Waals surface area contributed by atoms with Crippen molar-refractivity contribution in [3.8, 4) is 11.4 Å². The summed E-state index contributed by atoms with van der Waals surface area (Å²) in [6, 6.07) is 13.1. The second-order valence-electron chi connectivity index (χ2n) is 5.80. The standard InChI is InChI=1S/C18H15ClN6O3S/c1-24-17(13-4-6-14(19)7-5-13)22-23-18(24)29-11-16(26)21-20-10-12-2-8-15(9-3-12)25(27)28/h2-10H,11H2,1H3,(H,21,26)/b20-10+. The first-order valence-corrected chi connectivity index (χ1v) is 9.65. The summed E-state index contributed by atoms with van der Waals surface area (Å²) in [6.45, 7) is 0. The Morgan fingerprint density at radius 1 is 1.24 bits per heavy atom. The largest absolute Gasteiger partial charge is 0.305 e. The fraction of sp³-hybridized carbons (Fsp3) is 0.111. The molecule has 1 heterocycles. The van der Waals surface area contributed by atoms with Gasteiger partial charge in [-0.3, -0.25) is 14.9 Å². The second-order valence-corrected chi connectivity index (χ2v) is 7.18. The lowest BCUT2D eigenvalue weighted by molar-refractivity contribution is -0.384. The molecule has 9 nitrogen and oxygen atoms in total. The molecule has 0 radical (unpaired) electrons. The monoisotopic (exact) mass is 430 g/mol. The van der Waals surface area contributed by atoms with E-state index in [1.165, 1.54) is 30.1 Å². The quantitative estimate of drug-likeness (QED) is 0.266. The molecule has 1 N–H and O–H groups in total. The van der Waals surface area contributed by atoms with Crippen LogP contribution in [0.25, 0.3) is 11.4 Å². The first-order valence-electron chi connectivity index (χ1n) is 8.28. The average Bonchev–Trinajstić information content (AvgIpc) is 3.08. The Balaban J connectivity index is 1.53. The van der Waals surface area contributed by atoms with E-state index in [0.717, 1.165) is 5.56 Å². The van der Waals surface area contributed by atoms with Gasteiger partial charge in [-0.25, -0.2) is 5.43 Å². The Bertz CT molecular complexity index is 1050. The first-order chi connectivity index (χ1) is 13.9. The maximum absolute atomic E-state index is 12.0. The SMILES string of the molecule is Cn1c(SCC(=O)N/N=C/c2ccc([N+](=O)[O-])cc2)nnc1-c1ccc(Cl)cc1. The van der Waals surface area contributed by atoms with Crippen LogP contribution in [0, 0.1) is 10.1 Å². The van der Waals surface area contributed by atoms with Gasteiger partial charge in [0.2, 0.25) is 0 Å². The fourth-order valence-electron chi connectivity index (χ4n) is 2.31. The fourth-order valence-corrected chi connectivity index (χ4v) is 3.14. The summed E-state index contributed by atoms with van der Waals surface area (Å²) >= 11 is 7.13. The van der Waals surface area contributed by atoms with Crippen LogP contribution in [-0.4, -0.2) is 37.6 Å². The zero-order valence-corrected chi connectivity index (χ0v) is 16.7. The van der Waals surface area contributed by atoms with Gasteiger partial charge in [-0.15, -0.1) is 10.2 Å². The van der Waals surface area contributed by atoms with Gasteiger partial charge in [-0.2, -0.15) is 5.10 Å². The summed E-state index contributed by atoms with van der Waals surface area (Å²) in [6.07, 6.45) is 1.41. The summed E-state index contributed by atoms with van der Waals surface area (Å²) in [5.74, 6) is 0.453. The highest BCUT2D eigenvalue weighted by molar-refractivity contribution is 7.99. The molecule has 3 rings (SSSR count). The first kappa shape index (κ1) is 20.5. The molecule has 0 fully saturated rings. The van der Waals surface area contributed by atoms with Crippen molar-refractivity contribution in [2.24, 2.45) is 12.1 Å². The molecule has 0 spiro atoms. The molecule has 0 atom stereocenters. The molecule has 0 aliphatic carbocycles. The second kappa shape index (κ2) is 9.30. The number of hydrazone groups is 1. The predicted molar refractivity (Wildman–Crippen MR) is 111 cm³/mol. The number of benzene rings is 2. The smallest absolute Gasteiger partial charge is 0.269 e. The van der Waals surface area contributed by atoms with Crippen molar-refractivity contribution < 1.29 is 9.72 Å². The van der Waals surface area contributed by atoms with Crippen LogP contribution in [0.2, 0.25) is 5.02 Å². The predicted octanol–water partition coefficient (Wildman–Crippen LogP) is 3.29. The van der Waals surface area contributed by atoms with E-state index < -0.39 is 4.92 Å². The third kappa shape index (κ3) is 5.39. The van der Waals surface area contributed by atoms with Gasteiger partial charge in [0, 0.05) is 29.8 Å². The van der Waals surface area contributed by atoms with Crippen molar-refractivity contribution in [1.82, 2.24) is 20.2 Å². The zero-order chi connectivity index (χ0) is 20.8. The number of hydrogen-bond donors (Lipinski definition) is 1. The number of nitrogens with one attached hydrogen (secondary N) is 1. The maximum Gasteiger partial charge on any atom is 0.269 e. The summed E-state index contributed by atoms with van der Waals surface area (Å²) in [4.78, 5) is 22.1. The van der Waals surface area contributed by atoms with E-state index in [1.54, 1.807) is 28.8 Å². The van der Waals surface area contributed by atoms with Crippen LogP contribution in [0.3, 0.4) is 0 Å². The van der Waals surface area contributed by atoms with Crippen LogP contribution < -0.4 is 5.43 Å².